The van der Waals surface area contributed by atoms with Gasteiger partial charge in [-0.2, -0.15) is 0 Å². The highest BCUT2D eigenvalue weighted by Gasteiger charge is 2.33. The number of nitrogens with one attached hydrogen (secondary N) is 1. The summed E-state index contributed by atoms with van der Waals surface area (Å²) in [6.45, 7) is 3.37. The molecule has 2 amide bonds. The molecule has 0 heterocycles. The lowest BCUT2D eigenvalue weighted by molar-refractivity contribution is -0.139. The lowest BCUT2D eigenvalue weighted by atomic mass is 10.1. The van der Waals surface area contributed by atoms with Crippen LogP contribution in [0.5, 0.6) is 0 Å². The van der Waals surface area contributed by atoms with Crippen molar-refractivity contribution < 1.29 is 18.0 Å². The summed E-state index contributed by atoms with van der Waals surface area (Å²) in [5.74, 6) is -0.734. The second-order valence-corrected chi connectivity index (χ2v) is 12.5. The van der Waals surface area contributed by atoms with Crippen LogP contribution >= 0.6 is 11.6 Å². The fourth-order valence-corrected chi connectivity index (χ4v) is 6.47. The van der Waals surface area contributed by atoms with Gasteiger partial charge in [-0.3, -0.25) is 13.9 Å². The molecule has 212 valence electrons. The van der Waals surface area contributed by atoms with Crippen LogP contribution in [0.3, 0.4) is 0 Å². The predicted molar refractivity (Wildman–Crippen MR) is 159 cm³/mol. The summed E-state index contributed by atoms with van der Waals surface area (Å²) >= 11 is 6.07. The van der Waals surface area contributed by atoms with E-state index in [1.807, 2.05) is 19.1 Å². The first-order valence-corrected chi connectivity index (χ1v) is 15.5. The first-order chi connectivity index (χ1) is 19.2. The number of sulfonamides is 1. The second-order valence-electron chi connectivity index (χ2n) is 10.2. The first kappa shape index (κ1) is 29.6. The molecule has 9 heteroatoms. The Morgan fingerprint density at radius 2 is 1.52 bits per heavy atom. The van der Waals surface area contributed by atoms with Gasteiger partial charge in [-0.25, -0.2) is 8.42 Å². The van der Waals surface area contributed by atoms with Gasteiger partial charge in [-0.1, -0.05) is 73.8 Å². The number of anilines is 1. The van der Waals surface area contributed by atoms with Crippen LogP contribution in [0, 0.1) is 0 Å². The van der Waals surface area contributed by atoms with Crippen LogP contribution in [0.2, 0.25) is 5.02 Å². The summed E-state index contributed by atoms with van der Waals surface area (Å²) in [5, 5.41) is 3.64. The van der Waals surface area contributed by atoms with Gasteiger partial charge in [-0.15, -0.1) is 0 Å². The van der Waals surface area contributed by atoms with Gasteiger partial charge in [0.15, 0.2) is 0 Å². The Morgan fingerprint density at radius 3 is 2.12 bits per heavy atom. The van der Waals surface area contributed by atoms with Crippen molar-refractivity contribution in [2.45, 2.75) is 69.5 Å². The number of hydrogen-bond acceptors (Lipinski definition) is 4. The third kappa shape index (κ3) is 7.23. The molecule has 1 N–H and O–H groups in total. The summed E-state index contributed by atoms with van der Waals surface area (Å²) in [6, 6.07) is 21.5. The molecule has 0 bridgehead atoms. The molecule has 0 spiro atoms. The van der Waals surface area contributed by atoms with E-state index in [1.54, 1.807) is 61.5 Å². The number of carbonyl (C=O) groups is 2. The Hall–Kier alpha value is -3.36. The van der Waals surface area contributed by atoms with E-state index in [0.29, 0.717) is 10.7 Å². The Labute approximate surface area is 242 Å². The van der Waals surface area contributed by atoms with E-state index in [0.717, 1.165) is 47.5 Å². The SMILES string of the molecule is CCc1ccc(N(CC(=O)N(Cc2ccc(Cl)cc2)[C@H](C)C(=O)NC2CCCC2)S(=O)(=O)c2ccccc2)cc1. The molecule has 40 heavy (non-hydrogen) atoms. The molecule has 3 aromatic rings. The normalized spacial score (nSPS) is 14.5. The van der Waals surface area contributed by atoms with Gasteiger partial charge in [0, 0.05) is 17.6 Å². The van der Waals surface area contributed by atoms with Crippen LogP contribution in [0.25, 0.3) is 0 Å². The Bertz CT molecular complexity index is 1390. The third-order valence-corrected chi connectivity index (χ3v) is 9.42. The van der Waals surface area contributed by atoms with E-state index in [1.165, 1.54) is 17.0 Å². The zero-order valence-electron chi connectivity index (χ0n) is 22.9. The second kappa shape index (κ2) is 13.3. The Kier molecular flexibility index (Phi) is 9.87. The van der Waals surface area contributed by atoms with Crippen LogP contribution in [-0.4, -0.2) is 43.8 Å². The van der Waals surface area contributed by atoms with E-state index < -0.39 is 28.5 Å². The Balaban J connectivity index is 1.67. The van der Waals surface area contributed by atoms with E-state index >= 15 is 0 Å². The fraction of sp³-hybridized carbons (Fsp3) is 0.355. The molecule has 0 unspecified atom stereocenters. The largest absolute Gasteiger partial charge is 0.352 e. The quantitative estimate of drug-likeness (QED) is 0.320. The maximum Gasteiger partial charge on any atom is 0.264 e. The highest BCUT2D eigenvalue weighted by Crippen LogP contribution is 2.25. The fourth-order valence-electron chi connectivity index (χ4n) is 4.91. The predicted octanol–water partition coefficient (Wildman–Crippen LogP) is 5.57. The van der Waals surface area contributed by atoms with E-state index in [-0.39, 0.29) is 23.4 Å². The standard InChI is InChI=1S/C31H36ClN3O4S/c1-3-24-15-19-28(20-16-24)35(40(38,39)29-11-5-4-6-12-29)22-30(36)34(21-25-13-17-26(32)18-14-25)23(2)31(37)33-27-9-7-8-10-27/h4-6,11-20,23,27H,3,7-10,21-22H2,1-2H3,(H,33,37)/t23-/m1/s1. The molecule has 1 aliphatic carbocycles. The number of halogens is 1. The van der Waals surface area contributed by atoms with Gasteiger partial charge in [0.1, 0.15) is 12.6 Å². The van der Waals surface area contributed by atoms with E-state index in [9.17, 15) is 18.0 Å². The van der Waals surface area contributed by atoms with Crippen molar-refractivity contribution in [3.05, 3.63) is 95.0 Å². The third-order valence-electron chi connectivity index (χ3n) is 7.38. The average molecular weight is 582 g/mol. The van der Waals surface area contributed by atoms with Gasteiger partial charge in [-0.05, 0) is 73.7 Å². The monoisotopic (exact) mass is 581 g/mol. The molecule has 7 nitrogen and oxygen atoms in total. The van der Waals surface area contributed by atoms with E-state index in [4.69, 9.17) is 11.6 Å². The number of nitrogens with zero attached hydrogens (tertiary/aromatic N) is 2. The minimum atomic E-state index is -4.08. The molecule has 1 fully saturated rings. The molecule has 1 atom stereocenters. The highest BCUT2D eigenvalue weighted by molar-refractivity contribution is 7.92. The molecule has 1 saturated carbocycles. The number of aryl methyl sites for hydroxylation is 1. The maximum absolute atomic E-state index is 14.0. The van der Waals surface area contributed by atoms with Crippen molar-refractivity contribution in [3.8, 4) is 0 Å². The Morgan fingerprint density at radius 1 is 0.925 bits per heavy atom. The number of amides is 2. The number of hydrogen-bond donors (Lipinski definition) is 1. The summed E-state index contributed by atoms with van der Waals surface area (Å²) in [6.07, 6.45) is 4.76. The van der Waals surface area contributed by atoms with Gasteiger partial charge >= 0.3 is 0 Å². The number of carbonyl (C=O) groups excluding carboxylic acids is 2. The lowest BCUT2D eigenvalue weighted by Gasteiger charge is -2.32. The minimum Gasteiger partial charge on any atom is -0.352 e. The summed E-state index contributed by atoms with van der Waals surface area (Å²) < 4.78 is 28.8. The van der Waals surface area contributed by atoms with Crippen LogP contribution in [0.15, 0.2) is 83.8 Å². The van der Waals surface area contributed by atoms with Crippen molar-refractivity contribution in [1.29, 1.82) is 0 Å². The van der Waals surface area contributed by atoms with Crippen LogP contribution in [0.1, 0.15) is 50.7 Å². The molecule has 4 rings (SSSR count). The van der Waals surface area contributed by atoms with Gasteiger partial charge < -0.3 is 10.2 Å². The van der Waals surface area contributed by atoms with Crippen molar-refractivity contribution >= 4 is 39.1 Å². The lowest BCUT2D eigenvalue weighted by Crippen LogP contribution is -2.52. The van der Waals surface area contributed by atoms with Gasteiger partial charge in [0.05, 0.1) is 10.6 Å². The van der Waals surface area contributed by atoms with Gasteiger partial charge in [0.25, 0.3) is 10.0 Å². The molecule has 0 aromatic heterocycles. The zero-order chi connectivity index (χ0) is 28.7. The average Bonchev–Trinajstić information content (AvgIpc) is 3.48. The van der Waals surface area contributed by atoms with E-state index in [2.05, 4.69) is 5.32 Å². The van der Waals surface area contributed by atoms with Crippen molar-refractivity contribution in [2.24, 2.45) is 0 Å². The topological polar surface area (TPSA) is 86.8 Å². The summed E-state index contributed by atoms with van der Waals surface area (Å²) in [4.78, 5) is 28.8. The van der Waals surface area contributed by atoms with Crippen LogP contribution in [0.4, 0.5) is 5.69 Å². The number of rotatable bonds is 11. The molecular weight excluding hydrogens is 546 g/mol. The molecular formula is C31H36ClN3O4S. The zero-order valence-corrected chi connectivity index (χ0v) is 24.5. The molecule has 0 aliphatic heterocycles. The molecule has 0 radical (unpaired) electrons. The first-order valence-electron chi connectivity index (χ1n) is 13.7. The minimum absolute atomic E-state index is 0.0821. The van der Waals surface area contributed by atoms with Crippen LogP contribution < -0.4 is 9.62 Å². The van der Waals surface area contributed by atoms with Crippen LogP contribution in [-0.2, 0) is 32.6 Å². The highest BCUT2D eigenvalue weighted by atomic mass is 35.5. The van der Waals surface area contributed by atoms with Crippen molar-refractivity contribution in [1.82, 2.24) is 10.2 Å². The molecule has 1 aliphatic rings. The van der Waals surface area contributed by atoms with Crippen molar-refractivity contribution in [2.75, 3.05) is 10.8 Å². The number of benzene rings is 3. The molecule has 3 aromatic carbocycles. The van der Waals surface area contributed by atoms with Crippen molar-refractivity contribution in [3.63, 3.8) is 0 Å². The maximum atomic E-state index is 14.0. The van der Waals surface area contributed by atoms with Gasteiger partial charge in [0.2, 0.25) is 11.8 Å². The summed E-state index contributed by atoms with van der Waals surface area (Å²) in [5.41, 5.74) is 2.21. The summed E-state index contributed by atoms with van der Waals surface area (Å²) in [7, 11) is -4.08. The molecule has 0 saturated heterocycles. The smallest absolute Gasteiger partial charge is 0.264 e.